The Balaban J connectivity index is 2.33. The van der Waals surface area contributed by atoms with Gasteiger partial charge in [-0.1, -0.05) is 46.3 Å². The molecule has 0 aliphatic rings. The van der Waals surface area contributed by atoms with Crippen molar-refractivity contribution in [3.8, 4) is 0 Å². The molecule has 0 spiro atoms. The van der Waals surface area contributed by atoms with Crippen molar-refractivity contribution in [2.45, 2.75) is 4.90 Å². The molecule has 0 N–H and O–H groups in total. The van der Waals surface area contributed by atoms with Gasteiger partial charge in [0.2, 0.25) is 0 Å². The fraction of sp³-hybridized carbons (Fsp3) is 0.0714. The maximum absolute atomic E-state index is 12.3. The highest BCUT2D eigenvalue weighted by Gasteiger charge is 2.23. The Morgan fingerprint density at radius 2 is 1.45 bits per heavy atom. The summed E-state index contributed by atoms with van der Waals surface area (Å²) < 4.78 is 25.6. The minimum atomic E-state index is -3.67. The summed E-state index contributed by atoms with van der Waals surface area (Å²) >= 11 is 6.44. The Bertz CT molecular complexity index is 755. The smallest absolute Gasteiger partial charge is 0.186 e. The summed E-state index contributed by atoms with van der Waals surface area (Å²) in [5.41, 5.74) is 0.364. The van der Waals surface area contributed by atoms with Crippen molar-refractivity contribution in [3.05, 3.63) is 63.0 Å². The van der Waals surface area contributed by atoms with Crippen molar-refractivity contribution in [2.75, 3.05) is 5.75 Å². The highest BCUT2D eigenvalue weighted by atomic mass is 79.9. The first-order valence-electron chi connectivity index (χ1n) is 5.67. The van der Waals surface area contributed by atoms with E-state index in [9.17, 15) is 13.2 Å². The first-order valence-corrected chi connectivity index (χ1v) is 8.90. The molecule has 2 aromatic carbocycles. The lowest BCUT2D eigenvalue weighted by Gasteiger charge is -2.07. The predicted molar refractivity (Wildman–Crippen MR) is 84.7 cm³/mol. The van der Waals surface area contributed by atoms with Crippen LogP contribution < -0.4 is 0 Å². The number of hydrogen-bond donors (Lipinski definition) is 0. The SMILES string of the molecule is O=C(CS(=O)(=O)c1ccccc1Br)c1ccccc1Br. The molecule has 0 aliphatic heterocycles. The highest BCUT2D eigenvalue weighted by molar-refractivity contribution is 9.10. The lowest BCUT2D eigenvalue weighted by molar-refractivity contribution is 0.102. The average molecular weight is 418 g/mol. The summed E-state index contributed by atoms with van der Waals surface area (Å²) in [5, 5.41) is 0. The van der Waals surface area contributed by atoms with Gasteiger partial charge in [-0.15, -0.1) is 0 Å². The average Bonchev–Trinajstić information content (AvgIpc) is 2.38. The number of benzene rings is 2. The van der Waals surface area contributed by atoms with E-state index in [-0.39, 0.29) is 4.90 Å². The molecule has 0 bridgehead atoms. The van der Waals surface area contributed by atoms with E-state index >= 15 is 0 Å². The van der Waals surface area contributed by atoms with Crippen LogP contribution in [0.15, 0.2) is 62.4 Å². The third-order valence-electron chi connectivity index (χ3n) is 2.67. The Morgan fingerprint density at radius 3 is 2.05 bits per heavy atom. The molecule has 3 nitrogen and oxygen atoms in total. The second-order valence-electron chi connectivity index (χ2n) is 4.09. The van der Waals surface area contributed by atoms with Crippen LogP contribution in [0.3, 0.4) is 0 Å². The minimum Gasteiger partial charge on any atom is -0.293 e. The number of sulfone groups is 1. The van der Waals surface area contributed by atoms with Gasteiger partial charge in [0, 0.05) is 14.5 Å². The summed E-state index contributed by atoms with van der Waals surface area (Å²) in [6.45, 7) is 0. The van der Waals surface area contributed by atoms with Crippen LogP contribution in [0.1, 0.15) is 10.4 Å². The maximum Gasteiger partial charge on any atom is 0.186 e. The zero-order chi connectivity index (χ0) is 14.8. The molecule has 0 aliphatic carbocycles. The van der Waals surface area contributed by atoms with Crippen LogP contribution in [0.2, 0.25) is 0 Å². The predicted octanol–water partition coefficient (Wildman–Crippen LogP) is 3.87. The molecular weight excluding hydrogens is 408 g/mol. The lowest BCUT2D eigenvalue weighted by atomic mass is 10.1. The second kappa shape index (κ2) is 6.20. The van der Waals surface area contributed by atoms with E-state index in [0.29, 0.717) is 14.5 Å². The van der Waals surface area contributed by atoms with E-state index in [4.69, 9.17) is 0 Å². The monoisotopic (exact) mass is 416 g/mol. The second-order valence-corrected chi connectivity index (χ2v) is 7.76. The van der Waals surface area contributed by atoms with Crippen molar-refractivity contribution in [1.29, 1.82) is 0 Å². The van der Waals surface area contributed by atoms with Crippen molar-refractivity contribution < 1.29 is 13.2 Å². The molecular formula is C14H10Br2O3S. The molecule has 0 radical (unpaired) electrons. The standard InChI is InChI=1S/C14H10Br2O3S/c15-11-6-2-1-5-10(11)13(17)9-20(18,19)14-8-4-3-7-12(14)16/h1-8H,9H2. The van der Waals surface area contributed by atoms with E-state index in [0.717, 1.165) is 0 Å². The van der Waals surface area contributed by atoms with E-state index < -0.39 is 21.4 Å². The fourth-order valence-corrected chi connectivity index (χ4v) is 4.55. The van der Waals surface area contributed by atoms with Crippen LogP contribution in [0.5, 0.6) is 0 Å². The number of hydrogen-bond acceptors (Lipinski definition) is 3. The number of halogens is 2. The van der Waals surface area contributed by atoms with Gasteiger partial charge in [-0.3, -0.25) is 4.79 Å². The van der Waals surface area contributed by atoms with Crippen molar-refractivity contribution in [3.63, 3.8) is 0 Å². The van der Waals surface area contributed by atoms with E-state index in [1.54, 1.807) is 42.5 Å². The zero-order valence-corrected chi connectivity index (χ0v) is 14.2. The van der Waals surface area contributed by atoms with Crippen LogP contribution in [-0.4, -0.2) is 20.0 Å². The molecule has 0 fully saturated rings. The highest BCUT2D eigenvalue weighted by Crippen LogP contribution is 2.24. The molecule has 0 amide bonds. The van der Waals surface area contributed by atoms with E-state index in [1.165, 1.54) is 6.07 Å². The van der Waals surface area contributed by atoms with Gasteiger partial charge < -0.3 is 0 Å². The molecule has 0 atom stereocenters. The number of ketones is 1. The van der Waals surface area contributed by atoms with Gasteiger partial charge in [-0.2, -0.15) is 0 Å². The molecule has 0 saturated heterocycles. The van der Waals surface area contributed by atoms with Crippen molar-refractivity contribution in [2.24, 2.45) is 0 Å². The number of carbonyl (C=O) groups excluding carboxylic acids is 1. The van der Waals surface area contributed by atoms with Gasteiger partial charge in [0.15, 0.2) is 15.6 Å². The molecule has 104 valence electrons. The number of rotatable bonds is 4. The third kappa shape index (κ3) is 3.37. The minimum absolute atomic E-state index is 0.125. The topological polar surface area (TPSA) is 51.2 Å². The van der Waals surface area contributed by atoms with Crippen LogP contribution >= 0.6 is 31.9 Å². The first kappa shape index (κ1) is 15.4. The summed E-state index contributed by atoms with van der Waals surface area (Å²) in [5.74, 6) is -0.994. The molecule has 6 heteroatoms. The summed E-state index contributed by atoms with van der Waals surface area (Å²) in [6.07, 6.45) is 0. The molecule has 0 heterocycles. The maximum atomic E-state index is 12.3. The summed E-state index contributed by atoms with van der Waals surface area (Å²) in [4.78, 5) is 12.3. The first-order chi connectivity index (χ1) is 9.42. The zero-order valence-electron chi connectivity index (χ0n) is 10.2. The molecule has 2 rings (SSSR count). The lowest BCUT2D eigenvalue weighted by Crippen LogP contribution is -2.17. The molecule has 2 aromatic rings. The van der Waals surface area contributed by atoms with Gasteiger partial charge in [-0.05, 0) is 34.1 Å². The Morgan fingerprint density at radius 1 is 0.900 bits per heavy atom. The normalized spacial score (nSPS) is 11.3. The molecule has 0 saturated carbocycles. The van der Waals surface area contributed by atoms with Crippen LogP contribution in [0.4, 0.5) is 0 Å². The van der Waals surface area contributed by atoms with Gasteiger partial charge in [-0.25, -0.2) is 8.42 Å². The van der Waals surface area contributed by atoms with Crippen LogP contribution in [0, 0.1) is 0 Å². The third-order valence-corrected chi connectivity index (χ3v) is 5.98. The van der Waals surface area contributed by atoms with Crippen LogP contribution in [-0.2, 0) is 9.84 Å². The largest absolute Gasteiger partial charge is 0.293 e. The summed E-state index contributed by atoms with van der Waals surface area (Å²) in [7, 11) is -3.67. The Labute approximate surface area is 134 Å². The van der Waals surface area contributed by atoms with Gasteiger partial charge in [0.05, 0.1) is 4.90 Å². The van der Waals surface area contributed by atoms with Crippen molar-refractivity contribution in [1.82, 2.24) is 0 Å². The Kier molecular flexibility index (Phi) is 4.78. The van der Waals surface area contributed by atoms with Crippen molar-refractivity contribution >= 4 is 47.5 Å². The molecule has 20 heavy (non-hydrogen) atoms. The van der Waals surface area contributed by atoms with Crippen LogP contribution in [0.25, 0.3) is 0 Å². The van der Waals surface area contributed by atoms with E-state index in [2.05, 4.69) is 31.9 Å². The molecule has 0 unspecified atom stereocenters. The quantitative estimate of drug-likeness (QED) is 0.709. The molecule has 0 aromatic heterocycles. The van der Waals surface area contributed by atoms with Gasteiger partial charge in [0.25, 0.3) is 0 Å². The fourth-order valence-electron chi connectivity index (χ4n) is 1.71. The number of carbonyl (C=O) groups is 1. The number of Topliss-reactive ketones (excluding diaryl/α,β-unsaturated/α-hetero) is 1. The van der Waals surface area contributed by atoms with Gasteiger partial charge >= 0.3 is 0 Å². The Hall–Kier alpha value is -0.980. The van der Waals surface area contributed by atoms with E-state index in [1.807, 2.05) is 0 Å². The summed E-state index contributed by atoms with van der Waals surface area (Å²) in [6, 6.07) is 13.2. The van der Waals surface area contributed by atoms with Gasteiger partial charge in [0.1, 0.15) is 5.75 Å².